The summed E-state index contributed by atoms with van der Waals surface area (Å²) in [6.45, 7) is 5.27. The Balaban J connectivity index is 1.49. The highest BCUT2D eigenvalue weighted by atomic mass is 19.2. The van der Waals surface area contributed by atoms with E-state index in [4.69, 9.17) is 9.47 Å². The van der Waals surface area contributed by atoms with Gasteiger partial charge < -0.3 is 14.6 Å². The number of rotatable bonds is 8. The lowest BCUT2D eigenvalue weighted by molar-refractivity contribution is -0.427. The van der Waals surface area contributed by atoms with E-state index in [-0.39, 0.29) is 17.3 Å². The summed E-state index contributed by atoms with van der Waals surface area (Å²) in [5.74, 6) is -5.58. The van der Waals surface area contributed by atoms with Gasteiger partial charge in [-0.2, -0.15) is 0 Å². The van der Waals surface area contributed by atoms with Crippen LogP contribution in [0, 0.1) is 28.8 Å². The highest BCUT2D eigenvalue weighted by Crippen LogP contribution is 2.44. The van der Waals surface area contributed by atoms with E-state index in [2.05, 4.69) is 13.8 Å². The fourth-order valence-electron chi connectivity index (χ4n) is 4.78. The average molecular weight is 429 g/mol. The standard InChI is InChI=1S/C24H35F3O3/c1-3-4-5-6-7-12-23(2)15-29-24(28,30-16-23)19-10-8-17(9-11-19)18-13-20(25)22(27)21(26)14-18/h13-14,17,19,28H,3-12,15-16H2,1-2H3. The molecule has 1 aromatic rings. The van der Waals surface area contributed by atoms with Gasteiger partial charge >= 0.3 is 0 Å². The van der Waals surface area contributed by atoms with Gasteiger partial charge in [0.2, 0.25) is 0 Å². The molecule has 30 heavy (non-hydrogen) atoms. The van der Waals surface area contributed by atoms with Crippen molar-refractivity contribution in [2.24, 2.45) is 11.3 Å². The number of halogens is 3. The maximum Gasteiger partial charge on any atom is 0.283 e. The molecule has 0 amide bonds. The van der Waals surface area contributed by atoms with Gasteiger partial charge in [0, 0.05) is 11.3 Å². The maximum absolute atomic E-state index is 13.6. The van der Waals surface area contributed by atoms with Crippen molar-refractivity contribution in [3.05, 3.63) is 35.1 Å². The molecule has 1 aromatic carbocycles. The van der Waals surface area contributed by atoms with Crippen LogP contribution in [-0.4, -0.2) is 24.3 Å². The summed E-state index contributed by atoms with van der Waals surface area (Å²) >= 11 is 0. The molecular weight excluding hydrogens is 393 g/mol. The normalized spacial score (nSPS) is 32.3. The molecule has 6 heteroatoms. The van der Waals surface area contributed by atoms with Gasteiger partial charge in [0.05, 0.1) is 13.2 Å². The van der Waals surface area contributed by atoms with E-state index in [0.29, 0.717) is 44.5 Å². The molecule has 2 fully saturated rings. The van der Waals surface area contributed by atoms with Gasteiger partial charge in [0.1, 0.15) is 0 Å². The maximum atomic E-state index is 13.6. The van der Waals surface area contributed by atoms with Gasteiger partial charge in [-0.05, 0) is 55.7 Å². The van der Waals surface area contributed by atoms with Gasteiger partial charge in [-0.15, -0.1) is 0 Å². The molecule has 1 aliphatic heterocycles. The molecular formula is C24H35F3O3. The Hall–Kier alpha value is -1.11. The fourth-order valence-corrected chi connectivity index (χ4v) is 4.78. The minimum Gasteiger partial charge on any atom is -0.343 e. The molecule has 2 aliphatic rings. The van der Waals surface area contributed by atoms with Crippen LogP contribution in [0.5, 0.6) is 0 Å². The second kappa shape index (κ2) is 10.0. The van der Waals surface area contributed by atoms with Crippen LogP contribution in [0.15, 0.2) is 12.1 Å². The lowest BCUT2D eigenvalue weighted by Gasteiger charge is -2.46. The van der Waals surface area contributed by atoms with Crippen molar-refractivity contribution in [3.8, 4) is 0 Å². The van der Waals surface area contributed by atoms with Crippen LogP contribution in [0.25, 0.3) is 0 Å². The van der Waals surface area contributed by atoms with Crippen LogP contribution in [-0.2, 0) is 9.47 Å². The molecule has 170 valence electrons. The van der Waals surface area contributed by atoms with Crippen molar-refractivity contribution in [3.63, 3.8) is 0 Å². The van der Waals surface area contributed by atoms with Gasteiger partial charge in [-0.25, -0.2) is 13.2 Å². The first-order valence-electron chi connectivity index (χ1n) is 11.4. The summed E-state index contributed by atoms with van der Waals surface area (Å²) in [5, 5.41) is 10.9. The van der Waals surface area contributed by atoms with Gasteiger partial charge in [-0.3, -0.25) is 0 Å². The molecule has 0 aromatic heterocycles. The van der Waals surface area contributed by atoms with Crippen LogP contribution in [0.2, 0.25) is 0 Å². The molecule has 3 nitrogen and oxygen atoms in total. The smallest absolute Gasteiger partial charge is 0.283 e. The fraction of sp³-hybridized carbons (Fsp3) is 0.750. The zero-order chi connectivity index (χ0) is 21.8. The van der Waals surface area contributed by atoms with Crippen molar-refractivity contribution in [1.29, 1.82) is 0 Å². The van der Waals surface area contributed by atoms with Crippen LogP contribution in [0.1, 0.15) is 89.5 Å². The Morgan fingerprint density at radius 1 is 0.933 bits per heavy atom. The number of hydrogen-bond donors (Lipinski definition) is 1. The van der Waals surface area contributed by atoms with Crippen molar-refractivity contribution < 1.29 is 27.8 Å². The van der Waals surface area contributed by atoms with Gasteiger partial charge in [0.25, 0.3) is 5.97 Å². The minimum atomic E-state index is -1.59. The van der Waals surface area contributed by atoms with Crippen molar-refractivity contribution in [1.82, 2.24) is 0 Å². The summed E-state index contributed by atoms with van der Waals surface area (Å²) in [6.07, 6.45) is 9.63. The number of aliphatic hydroxyl groups is 1. The zero-order valence-corrected chi connectivity index (χ0v) is 18.2. The van der Waals surface area contributed by atoms with Crippen LogP contribution in [0.4, 0.5) is 13.2 Å². The molecule has 0 bridgehead atoms. The first-order chi connectivity index (χ1) is 14.3. The molecule has 1 saturated heterocycles. The molecule has 0 atom stereocenters. The summed E-state index contributed by atoms with van der Waals surface area (Å²) in [6, 6.07) is 2.16. The molecule has 0 unspecified atom stereocenters. The summed E-state index contributed by atoms with van der Waals surface area (Å²) < 4.78 is 52.0. The Kier molecular flexibility index (Phi) is 7.86. The number of benzene rings is 1. The lowest BCUT2D eigenvalue weighted by Crippen LogP contribution is -2.53. The molecule has 0 radical (unpaired) electrons. The summed E-state index contributed by atoms with van der Waals surface area (Å²) in [7, 11) is 0. The van der Waals surface area contributed by atoms with E-state index in [1.54, 1.807) is 0 Å². The Labute approximate surface area is 178 Å². The van der Waals surface area contributed by atoms with Gasteiger partial charge in [-0.1, -0.05) is 46.0 Å². The minimum absolute atomic E-state index is 0.0635. The Morgan fingerprint density at radius 2 is 1.50 bits per heavy atom. The van der Waals surface area contributed by atoms with Crippen LogP contribution in [0.3, 0.4) is 0 Å². The predicted molar refractivity (Wildman–Crippen MR) is 109 cm³/mol. The van der Waals surface area contributed by atoms with Crippen molar-refractivity contribution >= 4 is 0 Å². The molecule has 1 aliphatic carbocycles. The van der Waals surface area contributed by atoms with Crippen molar-refractivity contribution in [2.75, 3.05) is 13.2 Å². The molecule has 3 rings (SSSR count). The first-order valence-corrected chi connectivity index (χ1v) is 11.4. The monoisotopic (exact) mass is 428 g/mol. The van der Waals surface area contributed by atoms with E-state index < -0.39 is 23.4 Å². The van der Waals surface area contributed by atoms with Crippen molar-refractivity contribution in [2.45, 2.75) is 89.9 Å². The summed E-state index contributed by atoms with van der Waals surface area (Å²) in [4.78, 5) is 0. The first kappa shape index (κ1) is 23.6. The van der Waals surface area contributed by atoms with E-state index in [1.807, 2.05) is 0 Å². The van der Waals surface area contributed by atoms with Crippen LogP contribution < -0.4 is 0 Å². The van der Waals surface area contributed by atoms with Gasteiger partial charge in [0.15, 0.2) is 17.5 Å². The van der Waals surface area contributed by atoms with E-state index in [9.17, 15) is 18.3 Å². The second-order valence-electron chi connectivity index (χ2n) is 9.53. The largest absolute Gasteiger partial charge is 0.343 e. The Morgan fingerprint density at radius 3 is 2.07 bits per heavy atom. The number of unbranched alkanes of at least 4 members (excludes halogenated alkanes) is 4. The topological polar surface area (TPSA) is 38.7 Å². The third-order valence-electron chi connectivity index (χ3n) is 6.86. The second-order valence-corrected chi connectivity index (χ2v) is 9.53. The van der Waals surface area contributed by atoms with E-state index in [1.165, 1.54) is 25.7 Å². The van der Waals surface area contributed by atoms with E-state index in [0.717, 1.165) is 25.0 Å². The highest BCUT2D eigenvalue weighted by molar-refractivity contribution is 5.23. The number of ether oxygens (including phenoxy) is 2. The third-order valence-corrected chi connectivity index (χ3v) is 6.86. The predicted octanol–water partition coefficient (Wildman–Crippen LogP) is 6.44. The average Bonchev–Trinajstić information content (AvgIpc) is 2.74. The molecule has 1 heterocycles. The SMILES string of the molecule is CCCCCCCC1(C)COC(O)(C2CCC(c3cc(F)c(F)c(F)c3)CC2)OC1. The lowest BCUT2D eigenvalue weighted by atomic mass is 9.77. The van der Waals surface area contributed by atoms with E-state index >= 15 is 0 Å². The zero-order valence-electron chi connectivity index (χ0n) is 18.2. The molecule has 0 spiro atoms. The third kappa shape index (κ3) is 5.57. The van der Waals surface area contributed by atoms with Crippen LogP contribution >= 0.6 is 0 Å². The summed E-state index contributed by atoms with van der Waals surface area (Å²) in [5.41, 5.74) is 0.386. The highest BCUT2D eigenvalue weighted by Gasteiger charge is 2.47. The molecule has 1 saturated carbocycles. The Bertz CT molecular complexity index is 670. The number of hydrogen-bond acceptors (Lipinski definition) is 3. The quantitative estimate of drug-likeness (QED) is 0.383. The molecule has 1 N–H and O–H groups in total.